The zero-order valence-electron chi connectivity index (χ0n) is 19.0. The van der Waals surface area contributed by atoms with Gasteiger partial charge < -0.3 is 15.5 Å². The minimum Gasteiger partial charge on any atom is -0.354 e. The van der Waals surface area contributed by atoms with Gasteiger partial charge in [-0.05, 0) is 44.7 Å². The van der Waals surface area contributed by atoms with Gasteiger partial charge in [0, 0.05) is 37.3 Å². The van der Waals surface area contributed by atoms with Crippen LogP contribution in [-0.4, -0.2) is 41.0 Å². The maximum absolute atomic E-state index is 10.9. The second-order valence-electron chi connectivity index (χ2n) is 8.41. The Morgan fingerprint density at radius 1 is 1.09 bits per heavy atom. The topological polar surface area (TPSA) is 82.8 Å². The molecule has 0 aromatic heterocycles. The molecule has 1 heterocycles. The van der Waals surface area contributed by atoms with Crippen molar-refractivity contribution in [2.75, 3.05) is 13.1 Å². The highest BCUT2D eigenvalue weighted by Gasteiger charge is 2.22. The Balaban J connectivity index is 0.00000363. The zero-order valence-corrected chi connectivity index (χ0v) is 21.4. The summed E-state index contributed by atoms with van der Waals surface area (Å²) in [5.41, 5.74) is 2.23. The third-order valence-corrected chi connectivity index (χ3v) is 5.82. The lowest BCUT2D eigenvalue weighted by atomic mass is 10.0. The van der Waals surface area contributed by atoms with E-state index in [0.29, 0.717) is 18.6 Å². The summed E-state index contributed by atoms with van der Waals surface area (Å²) < 4.78 is 0. The molecule has 2 N–H and O–H groups in total. The van der Waals surface area contributed by atoms with Gasteiger partial charge >= 0.3 is 0 Å². The van der Waals surface area contributed by atoms with Gasteiger partial charge in [0.15, 0.2) is 5.96 Å². The lowest BCUT2D eigenvalue weighted by Gasteiger charge is -2.35. The Bertz CT molecular complexity index is 866. The molecule has 32 heavy (non-hydrogen) atoms. The number of non-ortho nitro benzene ring substituents is 1. The van der Waals surface area contributed by atoms with Crippen molar-refractivity contribution in [1.29, 1.82) is 0 Å². The number of piperidine rings is 1. The third kappa shape index (κ3) is 7.74. The smallest absolute Gasteiger partial charge is 0.269 e. The Morgan fingerprint density at radius 2 is 1.72 bits per heavy atom. The molecule has 1 unspecified atom stereocenters. The molecular weight excluding hydrogens is 517 g/mol. The van der Waals surface area contributed by atoms with Crippen molar-refractivity contribution in [2.24, 2.45) is 4.99 Å². The van der Waals surface area contributed by atoms with Crippen LogP contribution in [0, 0.1) is 10.1 Å². The molecule has 1 atom stereocenters. The Morgan fingerprint density at radius 3 is 2.28 bits per heavy atom. The first kappa shape index (κ1) is 26.1. The van der Waals surface area contributed by atoms with Crippen molar-refractivity contribution in [3.8, 4) is 0 Å². The first-order valence-corrected chi connectivity index (χ1v) is 11.0. The minimum atomic E-state index is -0.382. The van der Waals surface area contributed by atoms with Crippen molar-refractivity contribution in [2.45, 2.75) is 58.3 Å². The molecule has 0 radical (unpaired) electrons. The summed E-state index contributed by atoms with van der Waals surface area (Å²) >= 11 is 0. The second-order valence-corrected chi connectivity index (χ2v) is 8.41. The molecule has 0 aliphatic carbocycles. The predicted molar refractivity (Wildman–Crippen MR) is 141 cm³/mol. The van der Waals surface area contributed by atoms with Crippen molar-refractivity contribution < 1.29 is 4.92 Å². The maximum Gasteiger partial charge on any atom is 0.269 e. The molecule has 0 amide bonds. The average molecular weight is 551 g/mol. The van der Waals surface area contributed by atoms with Gasteiger partial charge in [-0.25, -0.2) is 4.99 Å². The van der Waals surface area contributed by atoms with Crippen molar-refractivity contribution >= 4 is 35.6 Å². The molecule has 2 aromatic carbocycles. The molecule has 2 aromatic rings. The summed E-state index contributed by atoms with van der Waals surface area (Å²) in [7, 11) is 0. The van der Waals surface area contributed by atoms with E-state index in [1.165, 1.54) is 17.7 Å². The predicted octanol–water partition coefficient (Wildman–Crippen LogP) is 4.88. The normalized spacial score (nSPS) is 16.3. The fourth-order valence-electron chi connectivity index (χ4n) is 3.81. The fourth-order valence-corrected chi connectivity index (χ4v) is 3.81. The first-order valence-electron chi connectivity index (χ1n) is 11.0. The summed E-state index contributed by atoms with van der Waals surface area (Å²) in [4.78, 5) is 17.8. The van der Waals surface area contributed by atoms with Gasteiger partial charge in [0.2, 0.25) is 0 Å². The molecule has 174 valence electrons. The Labute approximate surface area is 207 Å². The molecule has 1 aliphatic rings. The van der Waals surface area contributed by atoms with Crippen LogP contribution in [0.3, 0.4) is 0 Å². The summed E-state index contributed by atoms with van der Waals surface area (Å²) in [5.74, 6) is 0.776. The number of hydrogen-bond donors (Lipinski definition) is 2. The van der Waals surface area contributed by atoms with Gasteiger partial charge in [-0.15, -0.1) is 24.0 Å². The van der Waals surface area contributed by atoms with Crippen molar-refractivity contribution in [3.05, 3.63) is 75.8 Å². The number of benzene rings is 2. The quantitative estimate of drug-likeness (QED) is 0.169. The van der Waals surface area contributed by atoms with Crippen LogP contribution in [0.1, 0.15) is 50.8 Å². The number of halogens is 1. The molecule has 0 saturated carbocycles. The number of rotatable bonds is 7. The maximum atomic E-state index is 10.9. The number of nitrogens with one attached hydrogen (secondary N) is 2. The molecular formula is C24H34IN5O2. The summed E-state index contributed by atoms with van der Waals surface area (Å²) in [5, 5.41) is 18.0. The number of nitrogens with zero attached hydrogens (tertiary/aromatic N) is 3. The number of nitro benzene ring substituents is 1. The monoisotopic (exact) mass is 551 g/mol. The molecule has 7 nitrogen and oxygen atoms in total. The Hall–Kier alpha value is -2.20. The van der Waals surface area contributed by atoms with Crippen LogP contribution in [0.15, 0.2) is 59.6 Å². The lowest BCUT2D eigenvalue weighted by Crippen LogP contribution is -2.50. The van der Waals surface area contributed by atoms with E-state index in [9.17, 15) is 10.1 Å². The van der Waals surface area contributed by atoms with Gasteiger partial charge in [0.05, 0.1) is 17.5 Å². The van der Waals surface area contributed by atoms with Crippen molar-refractivity contribution in [1.82, 2.24) is 15.5 Å². The standard InChI is InChI=1S/C24H33N5O2.HI/c1-18(2)28-15-13-22(14-16-28)27-24(26-19(3)21-7-5-4-6-8-21)25-17-20-9-11-23(12-10-20)29(30)31;/h4-12,18-19,22H,13-17H2,1-3H3,(H2,25,26,27);1H. The second kappa shape index (κ2) is 12.7. The molecule has 1 saturated heterocycles. The van der Waals surface area contributed by atoms with E-state index < -0.39 is 0 Å². The highest BCUT2D eigenvalue weighted by atomic mass is 127. The van der Waals surface area contributed by atoms with Crippen LogP contribution in [-0.2, 0) is 6.54 Å². The Kier molecular flexibility index (Phi) is 10.4. The van der Waals surface area contributed by atoms with E-state index in [0.717, 1.165) is 37.5 Å². The zero-order chi connectivity index (χ0) is 22.2. The number of guanidine groups is 1. The molecule has 1 aliphatic heterocycles. The van der Waals surface area contributed by atoms with Crippen LogP contribution < -0.4 is 10.6 Å². The van der Waals surface area contributed by atoms with E-state index in [-0.39, 0.29) is 40.6 Å². The van der Waals surface area contributed by atoms with E-state index in [4.69, 9.17) is 4.99 Å². The van der Waals surface area contributed by atoms with E-state index in [1.807, 2.05) is 18.2 Å². The van der Waals surface area contributed by atoms with Gasteiger partial charge in [-0.3, -0.25) is 10.1 Å². The van der Waals surface area contributed by atoms with E-state index in [1.54, 1.807) is 12.1 Å². The van der Waals surface area contributed by atoms with E-state index >= 15 is 0 Å². The van der Waals surface area contributed by atoms with Crippen LogP contribution in [0.25, 0.3) is 0 Å². The van der Waals surface area contributed by atoms with Crippen LogP contribution in [0.2, 0.25) is 0 Å². The highest BCUT2D eigenvalue weighted by molar-refractivity contribution is 14.0. The SMILES string of the molecule is CC(NC(=NCc1ccc([N+](=O)[O-])cc1)NC1CCN(C(C)C)CC1)c1ccccc1.I. The summed E-state index contributed by atoms with van der Waals surface area (Å²) in [6.07, 6.45) is 2.16. The van der Waals surface area contributed by atoms with Crippen molar-refractivity contribution in [3.63, 3.8) is 0 Å². The number of hydrogen-bond acceptors (Lipinski definition) is 4. The highest BCUT2D eigenvalue weighted by Crippen LogP contribution is 2.16. The van der Waals surface area contributed by atoms with Crippen LogP contribution in [0.5, 0.6) is 0 Å². The molecule has 8 heteroatoms. The minimum absolute atomic E-state index is 0. The fraction of sp³-hybridized carbons (Fsp3) is 0.458. The number of nitro groups is 1. The molecule has 0 spiro atoms. The number of aliphatic imine (C=N–C) groups is 1. The van der Waals surface area contributed by atoms with Crippen LogP contribution >= 0.6 is 24.0 Å². The number of likely N-dealkylation sites (tertiary alicyclic amines) is 1. The molecule has 3 rings (SSSR count). The van der Waals surface area contributed by atoms with Crippen LogP contribution in [0.4, 0.5) is 5.69 Å². The van der Waals surface area contributed by atoms with Gasteiger partial charge in [0.25, 0.3) is 5.69 Å². The molecule has 0 bridgehead atoms. The third-order valence-electron chi connectivity index (χ3n) is 5.82. The van der Waals surface area contributed by atoms with E-state index in [2.05, 4.69) is 48.4 Å². The lowest BCUT2D eigenvalue weighted by molar-refractivity contribution is -0.384. The molecule has 1 fully saturated rings. The summed E-state index contributed by atoms with van der Waals surface area (Å²) in [6.45, 7) is 9.24. The van der Waals surface area contributed by atoms with Gasteiger partial charge in [-0.1, -0.05) is 42.5 Å². The van der Waals surface area contributed by atoms with Gasteiger partial charge in [-0.2, -0.15) is 0 Å². The first-order chi connectivity index (χ1) is 14.9. The summed E-state index contributed by atoms with van der Waals surface area (Å²) in [6, 6.07) is 17.9. The average Bonchev–Trinajstić information content (AvgIpc) is 2.78. The largest absolute Gasteiger partial charge is 0.354 e. The van der Waals surface area contributed by atoms with Gasteiger partial charge in [0.1, 0.15) is 0 Å².